The minimum absolute atomic E-state index is 0.0148. The van der Waals surface area contributed by atoms with Crippen LogP contribution in [0.1, 0.15) is 103 Å². The predicted molar refractivity (Wildman–Crippen MR) is 103 cm³/mol. The van der Waals surface area contributed by atoms with Crippen LogP contribution in [0.25, 0.3) is 0 Å². The van der Waals surface area contributed by atoms with Crippen molar-refractivity contribution in [2.24, 2.45) is 0 Å². The number of carbonyl (C=O) groups excluding carboxylic acids is 1. The number of alkyl halides is 1. The molecule has 0 spiro atoms. The molecule has 0 rings (SSSR count). The minimum atomic E-state index is -0.744. The molecule has 0 aromatic rings. The highest BCUT2D eigenvalue weighted by Crippen LogP contribution is 2.13. The molecule has 0 aliphatic heterocycles. The molecule has 1 atom stereocenters. The lowest BCUT2D eigenvalue weighted by molar-refractivity contribution is -0.146. The molecule has 0 aromatic heterocycles. The second kappa shape index (κ2) is 19.1. The van der Waals surface area contributed by atoms with Crippen LogP contribution in [0.2, 0.25) is 0 Å². The van der Waals surface area contributed by atoms with Crippen LogP contribution >= 0.6 is 11.6 Å². The van der Waals surface area contributed by atoms with Crippen LogP contribution in [0, 0.1) is 0 Å². The van der Waals surface area contributed by atoms with Gasteiger partial charge in [-0.15, -0.1) is 11.6 Å². The zero-order valence-corrected chi connectivity index (χ0v) is 16.5. The van der Waals surface area contributed by atoms with Gasteiger partial charge in [-0.05, 0) is 6.42 Å². The van der Waals surface area contributed by atoms with E-state index in [1.807, 2.05) is 0 Å². The van der Waals surface area contributed by atoms with Gasteiger partial charge in [0.1, 0.15) is 12.7 Å². The van der Waals surface area contributed by atoms with E-state index in [1.54, 1.807) is 0 Å². The molecule has 0 amide bonds. The molecule has 144 valence electrons. The van der Waals surface area contributed by atoms with Gasteiger partial charge in [0.25, 0.3) is 0 Å². The lowest BCUT2D eigenvalue weighted by Gasteiger charge is -2.08. The molecular weight excluding hydrogens is 324 g/mol. The Morgan fingerprint density at radius 1 is 0.833 bits per heavy atom. The van der Waals surface area contributed by atoms with Crippen LogP contribution < -0.4 is 0 Å². The Balaban J connectivity index is 3.13. The average molecular weight is 363 g/mol. The van der Waals surface area contributed by atoms with E-state index < -0.39 is 6.10 Å². The summed E-state index contributed by atoms with van der Waals surface area (Å²) >= 11 is 5.43. The van der Waals surface area contributed by atoms with Crippen LogP contribution in [-0.4, -0.2) is 29.7 Å². The molecule has 0 aliphatic rings. The van der Waals surface area contributed by atoms with E-state index in [-0.39, 0.29) is 18.5 Å². The van der Waals surface area contributed by atoms with Crippen molar-refractivity contribution in [2.75, 3.05) is 12.5 Å². The van der Waals surface area contributed by atoms with Crippen molar-refractivity contribution >= 4 is 17.6 Å². The van der Waals surface area contributed by atoms with Crippen LogP contribution in [0.15, 0.2) is 0 Å². The van der Waals surface area contributed by atoms with Gasteiger partial charge < -0.3 is 9.84 Å². The third kappa shape index (κ3) is 18.1. The fraction of sp³-hybridized carbons (Fsp3) is 0.950. The van der Waals surface area contributed by atoms with E-state index in [2.05, 4.69) is 6.92 Å². The number of aliphatic hydroxyl groups excluding tert-OH is 1. The number of halogens is 1. The molecule has 0 fully saturated rings. The molecule has 0 aromatic carbocycles. The van der Waals surface area contributed by atoms with Crippen molar-refractivity contribution < 1.29 is 14.6 Å². The Kier molecular flexibility index (Phi) is 18.8. The van der Waals surface area contributed by atoms with Gasteiger partial charge in [0.05, 0.1) is 5.88 Å². The highest BCUT2D eigenvalue weighted by atomic mass is 35.5. The number of esters is 1. The summed E-state index contributed by atoms with van der Waals surface area (Å²) in [7, 11) is 0. The van der Waals surface area contributed by atoms with Gasteiger partial charge in [0, 0.05) is 6.42 Å². The number of hydrogen-bond donors (Lipinski definition) is 1. The molecule has 0 unspecified atom stereocenters. The number of aliphatic hydroxyl groups is 1. The minimum Gasteiger partial charge on any atom is -0.463 e. The van der Waals surface area contributed by atoms with E-state index >= 15 is 0 Å². The van der Waals surface area contributed by atoms with Gasteiger partial charge in [-0.2, -0.15) is 0 Å². The quantitative estimate of drug-likeness (QED) is 0.185. The second-order valence-corrected chi connectivity index (χ2v) is 7.15. The zero-order valence-electron chi connectivity index (χ0n) is 15.7. The van der Waals surface area contributed by atoms with E-state index in [9.17, 15) is 9.90 Å². The van der Waals surface area contributed by atoms with Crippen LogP contribution in [0.3, 0.4) is 0 Å². The highest BCUT2D eigenvalue weighted by Gasteiger charge is 2.07. The maximum Gasteiger partial charge on any atom is 0.305 e. The molecule has 4 heteroatoms. The maximum absolute atomic E-state index is 11.4. The summed E-state index contributed by atoms with van der Waals surface area (Å²) < 4.78 is 4.93. The van der Waals surface area contributed by atoms with Crippen LogP contribution in [-0.2, 0) is 9.53 Å². The van der Waals surface area contributed by atoms with Crippen LogP contribution in [0.4, 0.5) is 0 Å². The Labute approximate surface area is 154 Å². The van der Waals surface area contributed by atoms with E-state index in [0.717, 1.165) is 12.8 Å². The van der Waals surface area contributed by atoms with E-state index in [1.165, 1.54) is 77.0 Å². The van der Waals surface area contributed by atoms with Gasteiger partial charge >= 0.3 is 5.97 Å². The fourth-order valence-corrected chi connectivity index (χ4v) is 2.86. The van der Waals surface area contributed by atoms with Crippen molar-refractivity contribution in [3.8, 4) is 0 Å². The third-order valence-corrected chi connectivity index (χ3v) is 4.71. The number of ether oxygens (including phenoxy) is 1. The lowest BCUT2D eigenvalue weighted by atomic mass is 10.0. The lowest BCUT2D eigenvalue weighted by Crippen LogP contribution is -2.19. The normalized spacial score (nSPS) is 12.3. The molecule has 0 heterocycles. The van der Waals surface area contributed by atoms with Crippen LogP contribution in [0.5, 0.6) is 0 Å². The summed E-state index contributed by atoms with van der Waals surface area (Å²) in [4.78, 5) is 11.4. The van der Waals surface area contributed by atoms with Gasteiger partial charge in [0.2, 0.25) is 0 Å². The smallest absolute Gasteiger partial charge is 0.305 e. The zero-order chi connectivity index (χ0) is 17.9. The molecule has 0 aliphatic carbocycles. The summed E-state index contributed by atoms with van der Waals surface area (Å²) in [5, 5.41) is 9.19. The summed E-state index contributed by atoms with van der Waals surface area (Å²) in [6.45, 7) is 2.28. The van der Waals surface area contributed by atoms with Gasteiger partial charge in [0.15, 0.2) is 0 Å². The first-order valence-electron chi connectivity index (χ1n) is 10.1. The summed E-state index contributed by atoms with van der Waals surface area (Å²) in [5.74, 6) is -0.121. The number of unbranched alkanes of at least 4 members (excludes halogenated alkanes) is 13. The first kappa shape index (κ1) is 23.7. The molecule has 3 nitrogen and oxygen atoms in total. The first-order chi connectivity index (χ1) is 11.7. The summed E-state index contributed by atoms with van der Waals surface area (Å²) in [5.41, 5.74) is 0. The first-order valence-corrected chi connectivity index (χ1v) is 10.6. The Morgan fingerprint density at radius 2 is 1.25 bits per heavy atom. The molecule has 0 saturated carbocycles. The van der Waals surface area contributed by atoms with Crippen molar-refractivity contribution in [2.45, 2.75) is 109 Å². The predicted octanol–water partition coefficient (Wildman–Crippen LogP) is 6.00. The Bertz CT molecular complexity index is 272. The van der Waals surface area contributed by atoms with Gasteiger partial charge in [-0.1, -0.05) is 90.4 Å². The van der Waals surface area contributed by atoms with Crippen molar-refractivity contribution in [3.05, 3.63) is 0 Å². The molecular formula is C20H39ClO3. The Hall–Kier alpha value is -0.280. The Morgan fingerprint density at radius 3 is 1.67 bits per heavy atom. The summed E-state index contributed by atoms with van der Waals surface area (Å²) in [6.07, 6.45) is 18.0. The average Bonchev–Trinajstić information content (AvgIpc) is 2.59. The number of carbonyl (C=O) groups is 1. The SMILES string of the molecule is CCCCCCCCCCCCCCCCC(=O)OC[C@H](O)CCl. The van der Waals surface area contributed by atoms with Gasteiger partial charge in [-0.25, -0.2) is 0 Å². The highest BCUT2D eigenvalue weighted by molar-refractivity contribution is 6.18. The molecule has 0 bridgehead atoms. The van der Waals surface area contributed by atoms with Crippen molar-refractivity contribution in [1.82, 2.24) is 0 Å². The van der Waals surface area contributed by atoms with Gasteiger partial charge in [-0.3, -0.25) is 4.79 Å². The number of hydrogen-bond acceptors (Lipinski definition) is 3. The third-order valence-electron chi connectivity index (χ3n) is 4.35. The fourth-order valence-electron chi connectivity index (χ4n) is 2.77. The standard InChI is InChI=1S/C20H39ClO3/c1-2-3-4-5-6-7-8-9-10-11-12-13-14-15-16-20(23)24-18-19(22)17-21/h19,22H,2-18H2,1H3/t19-/m1/s1. The van der Waals surface area contributed by atoms with E-state index in [4.69, 9.17) is 16.3 Å². The number of rotatable bonds is 18. The molecule has 1 N–H and O–H groups in total. The van der Waals surface area contributed by atoms with Crippen molar-refractivity contribution in [1.29, 1.82) is 0 Å². The molecule has 0 radical (unpaired) electrons. The monoisotopic (exact) mass is 362 g/mol. The largest absolute Gasteiger partial charge is 0.463 e. The second-order valence-electron chi connectivity index (χ2n) is 6.84. The molecule has 24 heavy (non-hydrogen) atoms. The topological polar surface area (TPSA) is 46.5 Å². The summed E-state index contributed by atoms with van der Waals surface area (Å²) in [6, 6.07) is 0. The van der Waals surface area contributed by atoms with Crippen molar-refractivity contribution in [3.63, 3.8) is 0 Å². The molecule has 0 saturated heterocycles. The maximum atomic E-state index is 11.4. The van der Waals surface area contributed by atoms with E-state index in [0.29, 0.717) is 6.42 Å².